The van der Waals surface area contributed by atoms with E-state index in [0.29, 0.717) is 10.0 Å². The molecule has 1 N–H and O–H groups in total. The first-order valence-electron chi connectivity index (χ1n) is 7.21. The van der Waals surface area contributed by atoms with E-state index in [0.717, 1.165) is 5.56 Å². The predicted octanol–water partition coefficient (Wildman–Crippen LogP) is 4.93. The van der Waals surface area contributed by atoms with Gasteiger partial charge in [-0.15, -0.1) is 0 Å². The number of allylic oxidation sites excluding steroid dienone is 3. The first kappa shape index (κ1) is 17.2. The quantitative estimate of drug-likeness (QED) is 0.584. The molecule has 0 fully saturated rings. The van der Waals surface area contributed by atoms with E-state index in [4.69, 9.17) is 0 Å². The molecule has 0 radical (unpaired) electrons. The van der Waals surface area contributed by atoms with Crippen molar-refractivity contribution in [2.24, 2.45) is 0 Å². The predicted molar refractivity (Wildman–Crippen MR) is 94.5 cm³/mol. The second-order valence-corrected chi connectivity index (χ2v) is 5.82. The molecule has 0 heterocycles. The van der Waals surface area contributed by atoms with Crippen molar-refractivity contribution in [1.29, 1.82) is 0 Å². The summed E-state index contributed by atoms with van der Waals surface area (Å²) in [6, 6.07) is 13.6. The van der Waals surface area contributed by atoms with Gasteiger partial charge in [-0.25, -0.2) is 4.39 Å². The molecule has 118 valence electrons. The lowest BCUT2D eigenvalue weighted by Crippen LogP contribution is -2.28. The summed E-state index contributed by atoms with van der Waals surface area (Å²) in [5, 5.41) is 2.85. The Bertz CT molecular complexity index is 725. The summed E-state index contributed by atoms with van der Waals surface area (Å²) >= 11 is 3.25. The molecular weight excluding hydrogens is 357 g/mol. The van der Waals surface area contributed by atoms with Crippen molar-refractivity contribution >= 4 is 21.8 Å². The number of hydrogen-bond donors (Lipinski definition) is 1. The van der Waals surface area contributed by atoms with E-state index in [1.165, 1.54) is 12.1 Å². The fourth-order valence-corrected chi connectivity index (χ4v) is 2.50. The molecule has 23 heavy (non-hydrogen) atoms. The average Bonchev–Trinajstić information content (AvgIpc) is 2.54. The van der Waals surface area contributed by atoms with Gasteiger partial charge in [0.1, 0.15) is 5.82 Å². The van der Waals surface area contributed by atoms with Crippen LogP contribution in [0.25, 0.3) is 0 Å². The van der Waals surface area contributed by atoms with Crippen LogP contribution in [0.4, 0.5) is 4.39 Å². The van der Waals surface area contributed by atoms with Gasteiger partial charge >= 0.3 is 0 Å². The third kappa shape index (κ3) is 4.89. The van der Waals surface area contributed by atoms with Crippen molar-refractivity contribution in [3.05, 3.63) is 94.3 Å². The van der Waals surface area contributed by atoms with Gasteiger partial charge in [0.2, 0.25) is 5.91 Å². The van der Waals surface area contributed by atoms with Gasteiger partial charge in [-0.05, 0) is 24.6 Å². The first-order valence-corrected chi connectivity index (χ1v) is 8.01. The molecule has 2 aromatic rings. The van der Waals surface area contributed by atoms with E-state index in [9.17, 15) is 9.18 Å². The number of hydrogen-bond acceptors (Lipinski definition) is 1. The zero-order valence-electron chi connectivity index (χ0n) is 12.7. The summed E-state index contributed by atoms with van der Waals surface area (Å²) in [6.45, 7) is 1.87. The van der Waals surface area contributed by atoms with E-state index in [1.807, 2.05) is 43.3 Å². The molecule has 0 saturated carbocycles. The van der Waals surface area contributed by atoms with E-state index < -0.39 is 6.04 Å². The van der Waals surface area contributed by atoms with Crippen molar-refractivity contribution in [1.82, 2.24) is 5.32 Å². The van der Waals surface area contributed by atoms with Gasteiger partial charge in [0, 0.05) is 16.1 Å². The van der Waals surface area contributed by atoms with Crippen LogP contribution in [-0.4, -0.2) is 5.91 Å². The van der Waals surface area contributed by atoms with Crippen LogP contribution in [0, 0.1) is 5.82 Å². The molecule has 4 heteroatoms. The minimum atomic E-state index is -0.549. The van der Waals surface area contributed by atoms with Gasteiger partial charge in [-0.1, -0.05) is 70.6 Å². The fraction of sp³-hybridized carbons (Fsp3) is 0.105. The van der Waals surface area contributed by atoms with Gasteiger partial charge in [0.15, 0.2) is 0 Å². The van der Waals surface area contributed by atoms with Crippen molar-refractivity contribution in [2.75, 3.05) is 0 Å². The van der Waals surface area contributed by atoms with E-state index in [2.05, 4.69) is 21.2 Å². The van der Waals surface area contributed by atoms with Crippen LogP contribution in [0.2, 0.25) is 0 Å². The standard InChI is InChI=1S/C19H17BrFNO/c1-2-3-5-10-18(23)22-19(14-8-6-4-7-9-14)16-12-11-15(20)13-17(16)21/h2-13,19H,1H3,(H,22,23). The van der Waals surface area contributed by atoms with Crippen LogP contribution < -0.4 is 5.32 Å². The summed E-state index contributed by atoms with van der Waals surface area (Å²) in [5.74, 6) is -0.648. The molecule has 0 spiro atoms. The SMILES string of the molecule is CC=CC=CC(=O)NC(c1ccccc1)c1ccc(Br)cc1F. The summed E-state index contributed by atoms with van der Waals surface area (Å²) in [4.78, 5) is 12.1. The minimum Gasteiger partial charge on any atom is -0.342 e. The maximum atomic E-state index is 14.3. The van der Waals surface area contributed by atoms with Gasteiger partial charge in [0.25, 0.3) is 0 Å². The largest absolute Gasteiger partial charge is 0.342 e. The van der Waals surface area contributed by atoms with E-state index in [1.54, 1.807) is 24.3 Å². The maximum absolute atomic E-state index is 14.3. The summed E-state index contributed by atoms with van der Waals surface area (Å²) < 4.78 is 15.0. The van der Waals surface area contributed by atoms with E-state index in [-0.39, 0.29) is 11.7 Å². The molecule has 1 amide bonds. The van der Waals surface area contributed by atoms with Crippen LogP contribution >= 0.6 is 15.9 Å². The Morgan fingerprint density at radius 2 is 1.91 bits per heavy atom. The zero-order chi connectivity index (χ0) is 16.7. The maximum Gasteiger partial charge on any atom is 0.244 e. The molecule has 2 rings (SSSR count). The Hall–Kier alpha value is -2.20. The molecular formula is C19H17BrFNO. The third-order valence-electron chi connectivity index (χ3n) is 3.24. The average molecular weight is 374 g/mol. The van der Waals surface area contributed by atoms with Crippen LogP contribution in [0.5, 0.6) is 0 Å². The molecule has 0 aliphatic rings. The molecule has 1 unspecified atom stereocenters. The Morgan fingerprint density at radius 3 is 2.57 bits per heavy atom. The van der Waals surface area contributed by atoms with Gasteiger partial charge < -0.3 is 5.32 Å². The Balaban J connectivity index is 2.35. The highest BCUT2D eigenvalue weighted by Gasteiger charge is 2.19. The molecule has 0 aliphatic heterocycles. The smallest absolute Gasteiger partial charge is 0.244 e. The molecule has 1 atom stereocenters. The van der Waals surface area contributed by atoms with Crippen LogP contribution in [0.1, 0.15) is 24.1 Å². The summed E-state index contributed by atoms with van der Waals surface area (Å²) in [7, 11) is 0. The number of carbonyl (C=O) groups is 1. The summed E-state index contributed by atoms with van der Waals surface area (Å²) in [5.41, 5.74) is 1.24. The van der Waals surface area contributed by atoms with Gasteiger partial charge in [-0.2, -0.15) is 0 Å². The number of amides is 1. The topological polar surface area (TPSA) is 29.1 Å². The van der Waals surface area contributed by atoms with Crippen molar-refractivity contribution in [3.63, 3.8) is 0 Å². The highest BCUT2D eigenvalue weighted by Crippen LogP contribution is 2.26. The number of rotatable bonds is 5. The number of carbonyl (C=O) groups excluding carboxylic acids is 1. The van der Waals surface area contributed by atoms with E-state index >= 15 is 0 Å². The lowest BCUT2D eigenvalue weighted by Gasteiger charge is -2.19. The highest BCUT2D eigenvalue weighted by molar-refractivity contribution is 9.10. The number of benzene rings is 2. The van der Waals surface area contributed by atoms with Crippen LogP contribution in [-0.2, 0) is 4.79 Å². The van der Waals surface area contributed by atoms with Crippen molar-refractivity contribution in [2.45, 2.75) is 13.0 Å². The second-order valence-electron chi connectivity index (χ2n) is 4.90. The fourth-order valence-electron chi connectivity index (χ4n) is 2.17. The Kier molecular flexibility index (Phi) is 6.29. The van der Waals surface area contributed by atoms with Gasteiger partial charge in [-0.3, -0.25) is 4.79 Å². The van der Waals surface area contributed by atoms with Crippen LogP contribution in [0.3, 0.4) is 0 Å². The normalized spacial score (nSPS) is 12.7. The lowest BCUT2D eigenvalue weighted by atomic mass is 9.98. The molecule has 0 aromatic heterocycles. The Labute approximate surface area is 143 Å². The number of halogens is 2. The number of nitrogens with one attached hydrogen (secondary N) is 1. The molecule has 2 aromatic carbocycles. The molecule has 0 saturated heterocycles. The third-order valence-corrected chi connectivity index (χ3v) is 3.74. The van der Waals surface area contributed by atoms with Gasteiger partial charge in [0.05, 0.1) is 6.04 Å². The molecule has 0 bridgehead atoms. The lowest BCUT2D eigenvalue weighted by molar-refractivity contribution is -0.117. The second kappa shape index (κ2) is 8.44. The Morgan fingerprint density at radius 1 is 1.17 bits per heavy atom. The van der Waals surface area contributed by atoms with Crippen molar-refractivity contribution < 1.29 is 9.18 Å². The zero-order valence-corrected chi connectivity index (χ0v) is 14.3. The molecule has 0 aliphatic carbocycles. The monoisotopic (exact) mass is 373 g/mol. The first-order chi connectivity index (χ1) is 11.1. The molecule has 2 nitrogen and oxygen atoms in total. The van der Waals surface area contributed by atoms with Crippen LogP contribution in [0.15, 0.2) is 77.3 Å². The minimum absolute atomic E-state index is 0.278. The van der Waals surface area contributed by atoms with Crippen molar-refractivity contribution in [3.8, 4) is 0 Å². The highest BCUT2D eigenvalue weighted by atomic mass is 79.9. The summed E-state index contributed by atoms with van der Waals surface area (Å²) in [6.07, 6.45) is 6.66.